The monoisotopic (exact) mass is 383 g/mol. The van der Waals surface area contributed by atoms with Gasteiger partial charge in [0.25, 0.3) is 0 Å². The molecule has 0 aliphatic carbocycles. The van der Waals surface area contributed by atoms with E-state index in [0.29, 0.717) is 18.1 Å². The first-order chi connectivity index (χ1) is 11.6. The van der Waals surface area contributed by atoms with Crippen LogP contribution in [0.3, 0.4) is 0 Å². The highest BCUT2D eigenvalue weighted by atomic mass is 35.5. The van der Waals surface area contributed by atoms with Crippen LogP contribution in [0.2, 0.25) is 5.02 Å². The van der Waals surface area contributed by atoms with Crippen molar-refractivity contribution in [3.63, 3.8) is 0 Å². The minimum absolute atomic E-state index is 0.0328. The molecule has 0 saturated heterocycles. The van der Waals surface area contributed by atoms with Gasteiger partial charge >= 0.3 is 0 Å². The highest BCUT2D eigenvalue weighted by Gasteiger charge is 2.02. The zero-order valence-corrected chi connectivity index (χ0v) is 15.5. The molecule has 24 heavy (non-hydrogen) atoms. The van der Waals surface area contributed by atoms with Crippen LogP contribution in [-0.4, -0.2) is 24.0 Å². The number of carbonyl (C=O) groups is 1. The Kier molecular flexibility index (Phi) is 8.50. The highest BCUT2D eigenvalue weighted by molar-refractivity contribution is 7.99. The summed E-state index contributed by atoms with van der Waals surface area (Å²) >= 11 is 9.23. The minimum Gasteiger partial charge on any atom is -0.355 e. The maximum atomic E-state index is 12.8. The van der Waals surface area contributed by atoms with Crippen molar-refractivity contribution >= 4 is 41.0 Å². The lowest BCUT2D eigenvalue weighted by Gasteiger charge is -2.06. The van der Waals surface area contributed by atoms with Crippen molar-refractivity contribution in [2.24, 2.45) is 0 Å². The number of carbonyl (C=O) groups excluding carboxylic acids is 1. The summed E-state index contributed by atoms with van der Waals surface area (Å²) in [6.45, 7) is 0.654. The second kappa shape index (κ2) is 10.6. The average molecular weight is 384 g/mol. The van der Waals surface area contributed by atoms with Crippen LogP contribution in [0.1, 0.15) is 11.1 Å². The van der Waals surface area contributed by atoms with Crippen LogP contribution in [0.5, 0.6) is 0 Å². The van der Waals surface area contributed by atoms with Crippen LogP contribution < -0.4 is 5.32 Å². The molecule has 0 fully saturated rings. The van der Waals surface area contributed by atoms with Crippen molar-refractivity contribution in [3.8, 4) is 0 Å². The van der Waals surface area contributed by atoms with E-state index in [1.54, 1.807) is 23.9 Å². The lowest BCUT2D eigenvalue weighted by atomic mass is 10.2. The van der Waals surface area contributed by atoms with Crippen molar-refractivity contribution in [1.82, 2.24) is 5.32 Å². The SMILES string of the molecule is O=C(CSCc1ccc(F)cc1)NCCSCc1cccc(Cl)c1. The topological polar surface area (TPSA) is 29.1 Å². The maximum absolute atomic E-state index is 12.8. The van der Waals surface area contributed by atoms with Gasteiger partial charge in [-0.15, -0.1) is 11.8 Å². The van der Waals surface area contributed by atoms with E-state index in [1.165, 1.54) is 29.5 Å². The maximum Gasteiger partial charge on any atom is 0.230 e. The minimum atomic E-state index is -0.239. The number of rotatable bonds is 9. The Hall–Kier alpha value is -1.17. The van der Waals surface area contributed by atoms with Crippen LogP contribution in [0, 0.1) is 5.82 Å². The normalized spacial score (nSPS) is 10.6. The van der Waals surface area contributed by atoms with Gasteiger partial charge in [-0.05, 0) is 35.4 Å². The van der Waals surface area contributed by atoms with E-state index in [2.05, 4.69) is 5.32 Å². The molecule has 2 nitrogen and oxygen atoms in total. The molecule has 0 saturated carbocycles. The molecule has 1 N–H and O–H groups in total. The molecular formula is C18H19ClFNOS2. The first-order valence-corrected chi connectivity index (χ1v) is 10.2. The summed E-state index contributed by atoms with van der Waals surface area (Å²) in [5, 5.41) is 3.66. The van der Waals surface area contributed by atoms with Crippen LogP contribution in [0.25, 0.3) is 0 Å². The van der Waals surface area contributed by atoms with Gasteiger partial charge in [0.05, 0.1) is 5.75 Å². The van der Waals surface area contributed by atoms with E-state index in [4.69, 9.17) is 11.6 Å². The van der Waals surface area contributed by atoms with E-state index in [9.17, 15) is 9.18 Å². The van der Waals surface area contributed by atoms with E-state index in [1.807, 2.05) is 24.3 Å². The van der Waals surface area contributed by atoms with Gasteiger partial charge in [0, 0.05) is 28.8 Å². The van der Waals surface area contributed by atoms with E-state index in [-0.39, 0.29) is 11.7 Å². The standard InChI is InChI=1S/C18H19ClFNOS2/c19-16-3-1-2-15(10-16)12-23-9-8-21-18(22)13-24-11-14-4-6-17(20)7-5-14/h1-7,10H,8-9,11-13H2,(H,21,22). The van der Waals surface area contributed by atoms with Gasteiger partial charge < -0.3 is 5.32 Å². The molecule has 0 bridgehead atoms. The fourth-order valence-corrected chi connectivity index (χ4v) is 3.81. The van der Waals surface area contributed by atoms with Gasteiger partial charge in [-0.25, -0.2) is 4.39 Å². The van der Waals surface area contributed by atoms with Crippen molar-refractivity contribution in [1.29, 1.82) is 0 Å². The molecule has 1 amide bonds. The fraction of sp³-hybridized carbons (Fsp3) is 0.278. The van der Waals surface area contributed by atoms with Crippen LogP contribution in [0.4, 0.5) is 4.39 Å². The van der Waals surface area contributed by atoms with Crippen molar-refractivity contribution in [2.75, 3.05) is 18.1 Å². The Balaban J connectivity index is 1.52. The Morgan fingerprint density at radius 1 is 1.04 bits per heavy atom. The summed E-state index contributed by atoms with van der Waals surface area (Å²) in [4.78, 5) is 11.7. The Bertz CT molecular complexity index is 652. The van der Waals surface area contributed by atoms with Gasteiger partial charge in [-0.1, -0.05) is 35.9 Å². The lowest BCUT2D eigenvalue weighted by Crippen LogP contribution is -2.27. The van der Waals surface area contributed by atoms with Crippen molar-refractivity contribution < 1.29 is 9.18 Å². The molecular weight excluding hydrogens is 365 g/mol. The molecule has 0 aromatic heterocycles. The number of halogens is 2. The second-order valence-corrected chi connectivity index (χ2v) is 7.68. The second-order valence-electron chi connectivity index (χ2n) is 5.15. The largest absolute Gasteiger partial charge is 0.355 e. The van der Waals surface area contributed by atoms with Gasteiger partial charge in [-0.3, -0.25) is 4.79 Å². The van der Waals surface area contributed by atoms with Crippen molar-refractivity contribution in [3.05, 3.63) is 70.5 Å². The predicted octanol–water partition coefficient (Wildman–Crippen LogP) is 4.76. The van der Waals surface area contributed by atoms with E-state index >= 15 is 0 Å². The summed E-state index contributed by atoms with van der Waals surface area (Å²) in [6.07, 6.45) is 0. The van der Waals surface area contributed by atoms with Gasteiger partial charge in [0.15, 0.2) is 0 Å². The molecule has 2 rings (SSSR count). The first kappa shape index (κ1) is 19.2. The molecule has 2 aromatic rings. The zero-order chi connectivity index (χ0) is 17.2. The number of thioether (sulfide) groups is 2. The molecule has 128 valence electrons. The first-order valence-electron chi connectivity index (χ1n) is 7.54. The summed E-state index contributed by atoms with van der Waals surface area (Å²) in [7, 11) is 0. The quantitative estimate of drug-likeness (QED) is 0.633. The molecule has 0 atom stereocenters. The third-order valence-corrected chi connectivity index (χ3v) is 5.41. The Morgan fingerprint density at radius 3 is 2.54 bits per heavy atom. The fourth-order valence-electron chi connectivity index (χ4n) is 1.97. The third kappa shape index (κ3) is 7.60. The molecule has 0 unspecified atom stereocenters. The van der Waals surface area contributed by atoms with E-state index in [0.717, 1.165) is 22.1 Å². The summed E-state index contributed by atoms with van der Waals surface area (Å²) in [6, 6.07) is 14.2. The van der Waals surface area contributed by atoms with Crippen LogP contribution >= 0.6 is 35.1 Å². The number of benzene rings is 2. The zero-order valence-electron chi connectivity index (χ0n) is 13.1. The number of hydrogen-bond acceptors (Lipinski definition) is 3. The lowest BCUT2D eigenvalue weighted by molar-refractivity contribution is -0.118. The van der Waals surface area contributed by atoms with Gasteiger partial charge in [-0.2, -0.15) is 11.8 Å². The molecule has 6 heteroatoms. The molecule has 2 aromatic carbocycles. The number of hydrogen-bond donors (Lipinski definition) is 1. The van der Waals surface area contributed by atoms with Crippen molar-refractivity contribution in [2.45, 2.75) is 11.5 Å². The van der Waals surface area contributed by atoms with Crippen LogP contribution in [-0.2, 0) is 16.3 Å². The molecule has 0 spiro atoms. The third-order valence-electron chi connectivity index (χ3n) is 3.14. The summed E-state index contributed by atoms with van der Waals surface area (Å²) in [5.74, 6) is 2.66. The van der Waals surface area contributed by atoms with Gasteiger partial charge in [0.1, 0.15) is 5.82 Å². The van der Waals surface area contributed by atoms with Crippen LogP contribution in [0.15, 0.2) is 48.5 Å². The summed E-state index contributed by atoms with van der Waals surface area (Å²) in [5.41, 5.74) is 2.21. The average Bonchev–Trinajstić information content (AvgIpc) is 2.56. The Morgan fingerprint density at radius 2 is 1.79 bits per heavy atom. The highest BCUT2D eigenvalue weighted by Crippen LogP contribution is 2.16. The Labute approximate surface area is 155 Å². The molecule has 0 heterocycles. The molecule has 0 aliphatic heterocycles. The number of amides is 1. The smallest absolute Gasteiger partial charge is 0.230 e. The molecule has 0 radical (unpaired) electrons. The summed E-state index contributed by atoms with van der Waals surface area (Å²) < 4.78 is 12.8. The van der Waals surface area contributed by atoms with E-state index < -0.39 is 0 Å². The number of nitrogens with one attached hydrogen (secondary N) is 1. The predicted molar refractivity (Wildman–Crippen MR) is 103 cm³/mol. The van der Waals surface area contributed by atoms with Gasteiger partial charge in [0.2, 0.25) is 5.91 Å². The molecule has 0 aliphatic rings.